The van der Waals surface area contributed by atoms with Crippen molar-refractivity contribution in [1.82, 2.24) is 0 Å². The minimum Gasteiger partial charge on any atom is -0.399 e. The number of hydrogen-bond donors (Lipinski definition) is 2. The highest BCUT2D eigenvalue weighted by Crippen LogP contribution is 2.56. The van der Waals surface area contributed by atoms with E-state index in [0.717, 1.165) is 22.5 Å². The zero-order valence-electron chi connectivity index (χ0n) is 14.9. The third kappa shape index (κ3) is 2.13. The first-order valence-electron chi connectivity index (χ1n) is 9.12. The lowest BCUT2D eigenvalue weighted by Gasteiger charge is -2.34. The first kappa shape index (κ1) is 15.7. The molecule has 0 heterocycles. The molecule has 5 rings (SSSR count). The number of nitrogen functional groups attached to an aromatic ring is 2. The molecule has 130 valence electrons. The third-order valence-electron chi connectivity index (χ3n) is 5.59. The van der Waals surface area contributed by atoms with Crippen LogP contribution >= 0.6 is 0 Å². The van der Waals surface area contributed by atoms with Crippen LogP contribution in [0.25, 0.3) is 11.1 Å². The van der Waals surface area contributed by atoms with Gasteiger partial charge < -0.3 is 11.5 Å². The van der Waals surface area contributed by atoms with Crippen molar-refractivity contribution in [2.75, 3.05) is 11.5 Å². The maximum Gasteiger partial charge on any atom is 0.0715 e. The lowest BCUT2D eigenvalue weighted by Crippen LogP contribution is -2.28. The highest BCUT2D eigenvalue weighted by Gasteiger charge is 2.45. The zero-order chi connectivity index (χ0) is 18.4. The Labute approximate surface area is 159 Å². The summed E-state index contributed by atoms with van der Waals surface area (Å²) >= 11 is 0. The number of hydrogen-bond acceptors (Lipinski definition) is 2. The predicted octanol–water partition coefficient (Wildman–Crippen LogP) is 5.21. The summed E-state index contributed by atoms with van der Waals surface area (Å²) in [5, 5.41) is 0. The molecule has 27 heavy (non-hydrogen) atoms. The van der Waals surface area contributed by atoms with Gasteiger partial charge in [0, 0.05) is 11.4 Å². The van der Waals surface area contributed by atoms with Gasteiger partial charge in [-0.15, -0.1) is 0 Å². The maximum absolute atomic E-state index is 6.21. The van der Waals surface area contributed by atoms with Crippen LogP contribution in [0.15, 0.2) is 97.1 Å². The van der Waals surface area contributed by atoms with Gasteiger partial charge in [-0.2, -0.15) is 0 Å². The summed E-state index contributed by atoms with van der Waals surface area (Å²) in [4.78, 5) is 0. The average Bonchev–Trinajstić information content (AvgIpc) is 3.00. The number of anilines is 2. The smallest absolute Gasteiger partial charge is 0.0715 e. The number of fused-ring (bicyclic) bond motifs is 3. The molecule has 0 aromatic heterocycles. The molecule has 0 aliphatic heterocycles. The lowest BCUT2D eigenvalue weighted by molar-refractivity contribution is 0.769. The zero-order valence-corrected chi connectivity index (χ0v) is 14.9. The SMILES string of the molecule is Nc1cccc(C2(c3cccc(N)c3)c3ccccc3-c3ccccc32)c1. The van der Waals surface area contributed by atoms with Gasteiger partial charge in [-0.05, 0) is 57.6 Å². The molecule has 0 radical (unpaired) electrons. The van der Waals surface area contributed by atoms with E-state index < -0.39 is 5.41 Å². The quantitative estimate of drug-likeness (QED) is 0.430. The van der Waals surface area contributed by atoms with Gasteiger partial charge in [0.15, 0.2) is 0 Å². The molecule has 0 fully saturated rings. The number of rotatable bonds is 2. The topological polar surface area (TPSA) is 52.0 Å². The molecule has 4 aromatic carbocycles. The molecule has 2 nitrogen and oxygen atoms in total. The molecule has 0 spiro atoms. The van der Waals surface area contributed by atoms with E-state index in [0.29, 0.717) is 0 Å². The van der Waals surface area contributed by atoms with Crippen LogP contribution in [0.3, 0.4) is 0 Å². The van der Waals surface area contributed by atoms with Crippen LogP contribution in [0.4, 0.5) is 11.4 Å². The molecule has 1 aliphatic rings. The van der Waals surface area contributed by atoms with Crippen molar-refractivity contribution in [2.24, 2.45) is 0 Å². The largest absolute Gasteiger partial charge is 0.399 e. The summed E-state index contributed by atoms with van der Waals surface area (Å²) in [5.41, 5.74) is 20.9. The average molecular weight is 348 g/mol. The van der Waals surface area contributed by atoms with Crippen molar-refractivity contribution in [1.29, 1.82) is 0 Å². The summed E-state index contributed by atoms with van der Waals surface area (Å²) in [6, 6.07) is 33.7. The van der Waals surface area contributed by atoms with Crippen molar-refractivity contribution in [3.8, 4) is 11.1 Å². The predicted molar refractivity (Wildman–Crippen MR) is 113 cm³/mol. The van der Waals surface area contributed by atoms with Crippen LogP contribution in [0.5, 0.6) is 0 Å². The second-order valence-corrected chi connectivity index (χ2v) is 7.09. The highest BCUT2D eigenvalue weighted by atomic mass is 14.6. The fraction of sp³-hybridized carbons (Fsp3) is 0.0400. The maximum atomic E-state index is 6.21. The van der Waals surface area contributed by atoms with Gasteiger partial charge >= 0.3 is 0 Å². The van der Waals surface area contributed by atoms with Gasteiger partial charge in [0.25, 0.3) is 0 Å². The molecule has 0 bridgehead atoms. The van der Waals surface area contributed by atoms with E-state index in [1.54, 1.807) is 0 Å². The van der Waals surface area contributed by atoms with Gasteiger partial charge in [0.05, 0.1) is 5.41 Å². The molecule has 0 amide bonds. The van der Waals surface area contributed by atoms with Crippen molar-refractivity contribution in [2.45, 2.75) is 5.41 Å². The van der Waals surface area contributed by atoms with E-state index in [4.69, 9.17) is 11.5 Å². The van der Waals surface area contributed by atoms with Gasteiger partial charge in [0.2, 0.25) is 0 Å². The molecule has 4 aromatic rings. The fourth-order valence-corrected chi connectivity index (χ4v) is 4.57. The first-order valence-corrected chi connectivity index (χ1v) is 9.12. The van der Waals surface area contributed by atoms with Crippen LogP contribution in [-0.2, 0) is 5.41 Å². The van der Waals surface area contributed by atoms with Crippen LogP contribution in [-0.4, -0.2) is 0 Å². The van der Waals surface area contributed by atoms with E-state index in [-0.39, 0.29) is 0 Å². The molecule has 4 N–H and O–H groups in total. The molecule has 0 saturated heterocycles. The molecule has 2 heteroatoms. The van der Waals surface area contributed by atoms with E-state index in [2.05, 4.69) is 72.8 Å². The summed E-state index contributed by atoms with van der Waals surface area (Å²) in [5.74, 6) is 0. The van der Waals surface area contributed by atoms with Crippen molar-refractivity contribution in [3.63, 3.8) is 0 Å². The minimum absolute atomic E-state index is 0.433. The van der Waals surface area contributed by atoms with E-state index in [9.17, 15) is 0 Å². The van der Waals surface area contributed by atoms with Crippen molar-refractivity contribution >= 4 is 11.4 Å². The summed E-state index contributed by atoms with van der Waals surface area (Å²) in [7, 11) is 0. The van der Waals surface area contributed by atoms with E-state index in [1.165, 1.54) is 22.3 Å². The Morgan fingerprint density at radius 2 is 0.926 bits per heavy atom. The Bertz CT molecular complexity index is 1070. The Morgan fingerprint density at radius 1 is 0.481 bits per heavy atom. The Morgan fingerprint density at radius 3 is 1.37 bits per heavy atom. The number of nitrogens with two attached hydrogens (primary N) is 2. The molecular formula is C25H20N2. The van der Waals surface area contributed by atoms with Gasteiger partial charge in [-0.1, -0.05) is 72.8 Å². The molecule has 0 saturated carbocycles. The molecule has 1 aliphatic carbocycles. The van der Waals surface area contributed by atoms with Crippen LogP contribution in [0, 0.1) is 0 Å². The summed E-state index contributed by atoms with van der Waals surface area (Å²) in [6.07, 6.45) is 0. The molecular weight excluding hydrogens is 328 g/mol. The monoisotopic (exact) mass is 348 g/mol. The fourth-order valence-electron chi connectivity index (χ4n) is 4.57. The molecule has 0 unspecified atom stereocenters. The molecule has 0 atom stereocenters. The van der Waals surface area contributed by atoms with Crippen molar-refractivity contribution in [3.05, 3.63) is 119 Å². The van der Waals surface area contributed by atoms with Crippen LogP contribution < -0.4 is 11.5 Å². The Balaban J connectivity index is 1.98. The summed E-state index contributed by atoms with van der Waals surface area (Å²) < 4.78 is 0. The van der Waals surface area contributed by atoms with Crippen LogP contribution in [0.2, 0.25) is 0 Å². The van der Waals surface area contributed by atoms with E-state index in [1.807, 2.05) is 24.3 Å². The Kier molecular flexibility index (Phi) is 3.34. The number of benzene rings is 4. The second kappa shape index (κ2) is 5.75. The van der Waals surface area contributed by atoms with Crippen LogP contribution in [0.1, 0.15) is 22.3 Å². The Hall–Kier alpha value is -3.52. The normalized spacial score (nSPS) is 13.8. The van der Waals surface area contributed by atoms with Gasteiger partial charge in [0.1, 0.15) is 0 Å². The van der Waals surface area contributed by atoms with Gasteiger partial charge in [-0.25, -0.2) is 0 Å². The third-order valence-corrected chi connectivity index (χ3v) is 5.59. The second-order valence-electron chi connectivity index (χ2n) is 7.09. The van der Waals surface area contributed by atoms with Crippen molar-refractivity contribution < 1.29 is 0 Å². The van der Waals surface area contributed by atoms with E-state index >= 15 is 0 Å². The van der Waals surface area contributed by atoms with Gasteiger partial charge in [-0.3, -0.25) is 0 Å². The highest BCUT2D eigenvalue weighted by molar-refractivity contribution is 5.86. The summed E-state index contributed by atoms with van der Waals surface area (Å²) in [6.45, 7) is 0. The lowest BCUT2D eigenvalue weighted by atomic mass is 9.67. The first-order chi connectivity index (χ1) is 13.2. The minimum atomic E-state index is -0.433. The standard InChI is InChI=1S/C25H20N2/c26-19-9-5-7-17(15-19)25(18-8-6-10-20(27)16-18)23-13-3-1-11-21(23)22-12-2-4-14-24(22)25/h1-16H,26-27H2.